The van der Waals surface area contributed by atoms with Gasteiger partial charge < -0.3 is 9.84 Å². The molecule has 0 radical (unpaired) electrons. The molecule has 174 valence electrons. The molecule has 2 aromatic carbocycles. The number of allylic oxidation sites excluding steroid dienone is 1. The van der Waals surface area contributed by atoms with Gasteiger partial charge in [0, 0.05) is 5.41 Å². The topological polar surface area (TPSA) is 46.5 Å². The lowest BCUT2D eigenvalue weighted by Crippen LogP contribution is -2.27. The fourth-order valence-electron chi connectivity index (χ4n) is 4.87. The van der Waals surface area contributed by atoms with Crippen LogP contribution in [0.5, 0.6) is 0 Å². The van der Waals surface area contributed by atoms with E-state index < -0.39 is 5.60 Å². The number of esters is 1. The molecule has 0 aliphatic heterocycles. The highest BCUT2D eigenvalue weighted by molar-refractivity contribution is 5.91. The summed E-state index contributed by atoms with van der Waals surface area (Å²) in [5, 5.41) is 10.8. The van der Waals surface area contributed by atoms with Crippen LogP contribution in [0.3, 0.4) is 0 Å². The van der Waals surface area contributed by atoms with Gasteiger partial charge in [-0.3, -0.25) is 0 Å². The molecule has 0 bridgehead atoms. The molecule has 3 heteroatoms. The number of aryl methyl sites for hydroxylation is 2. The highest BCUT2D eigenvalue weighted by atomic mass is 16.5. The lowest BCUT2D eigenvalue weighted by atomic mass is 9.69. The van der Waals surface area contributed by atoms with Crippen molar-refractivity contribution in [1.82, 2.24) is 0 Å². The molecule has 0 aromatic heterocycles. The Balaban J connectivity index is 2.56. The van der Waals surface area contributed by atoms with Gasteiger partial charge in [-0.05, 0) is 92.0 Å². The van der Waals surface area contributed by atoms with Crippen LogP contribution in [0.15, 0.2) is 42.5 Å². The lowest BCUT2D eigenvalue weighted by molar-refractivity contribution is 0.0599. The van der Waals surface area contributed by atoms with E-state index in [1.165, 1.54) is 29.4 Å². The third-order valence-corrected chi connectivity index (χ3v) is 7.30. The Bertz CT molecular complexity index is 976. The zero-order chi connectivity index (χ0) is 24.1. The molecule has 0 heterocycles. The number of hydrogen-bond acceptors (Lipinski definition) is 3. The fraction of sp³-hybridized carbons (Fsp3) is 0.483. The van der Waals surface area contributed by atoms with Crippen LogP contribution in [0.2, 0.25) is 0 Å². The third kappa shape index (κ3) is 4.99. The van der Waals surface area contributed by atoms with E-state index >= 15 is 0 Å². The largest absolute Gasteiger partial charge is 0.465 e. The van der Waals surface area contributed by atoms with Crippen LogP contribution < -0.4 is 0 Å². The van der Waals surface area contributed by atoms with E-state index in [1.807, 2.05) is 32.9 Å². The molecular weight excluding hydrogens is 396 g/mol. The van der Waals surface area contributed by atoms with Crippen molar-refractivity contribution >= 4 is 11.5 Å². The van der Waals surface area contributed by atoms with Crippen molar-refractivity contribution in [3.8, 4) is 0 Å². The minimum absolute atomic E-state index is 0.131. The van der Waals surface area contributed by atoms with Gasteiger partial charge in [0.15, 0.2) is 0 Å². The standard InChI is InChI=1S/C29H40O3/c1-9-28(31,10-2)19-22(7)25-15-13-23(17-20(25)5)29(11-3,12-4)24-14-16-26(21(6)18-24)27(30)32-8/h13-19,31H,9-12H2,1-8H3. The Morgan fingerprint density at radius 3 is 1.72 bits per heavy atom. The van der Waals surface area contributed by atoms with E-state index in [0.29, 0.717) is 18.4 Å². The van der Waals surface area contributed by atoms with Crippen molar-refractivity contribution in [3.63, 3.8) is 0 Å². The van der Waals surface area contributed by atoms with Crippen LogP contribution >= 0.6 is 0 Å². The van der Waals surface area contributed by atoms with Gasteiger partial charge in [-0.2, -0.15) is 0 Å². The zero-order valence-electron chi connectivity index (χ0n) is 21.1. The Kier molecular flexibility index (Phi) is 8.47. The molecule has 0 saturated heterocycles. The minimum Gasteiger partial charge on any atom is -0.465 e. The summed E-state index contributed by atoms with van der Waals surface area (Å²) in [4.78, 5) is 12.0. The summed E-state index contributed by atoms with van der Waals surface area (Å²) in [5.41, 5.74) is 6.65. The number of methoxy groups -OCH3 is 1. The van der Waals surface area contributed by atoms with E-state index in [4.69, 9.17) is 4.74 Å². The van der Waals surface area contributed by atoms with Crippen molar-refractivity contribution in [1.29, 1.82) is 0 Å². The predicted octanol–water partition coefficient (Wildman–Crippen LogP) is 7.15. The molecule has 0 fully saturated rings. The second-order valence-electron chi connectivity index (χ2n) is 8.98. The highest BCUT2D eigenvalue weighted by Crippen LogP contribution is 2.41. The molecule has 32 heavy (non-hydrogen) atoms. The molecule has 0 amide bonds. The first kappa shape index (κ1) is 25.9. The number of carbonyl (C=O) groups excluding carboxylic acids is 1. The van der Waals surface area contributed by atoms with Gasteiger partial charge in [0.1, 0.15) is 0 Å². The highest BCUT2D eigenvalue weighted by Gasteiger charge is 2.32. The molecular formula is C29H40O3. The van der Waals surface area contributed by atoms with E-state index in [1.54, 1.807) is 0 Å². The minimum atomic E-state index is -0.759. The van der Waals surface area contributed by atoms with Crippen molar-refractivity contribution in [3.05, 3.63) is 75.9 Å². The maximum atomic E-state index is 12.0. The predicted molar refractivity (Wildman–Crippen MR) is 134 cm³/mol. The summed E-state index contributed by atoms with van der Waals surface area (Å²) in [6, 6.07) is 12.8. The van der Waals surface area contributed by atoms with Gasteiger partial charge in [0.05, 0.1) is 18.3 Å². The van der Waals surface area contributed by atoms with Crippen LogP contribution in [0, 0.1) is 13.8 Å². The van der Waals surface area contributed by atoms with E-state index in [-0.39, 0.29) is 11.4 Å². The summed E-state index contributed by atoms with van der Waals surface area (Å²) in [6.45, 7) is 14.7. The van der Waals surface area contributed by atoms with Crippen molar-refractivity contribution in [2.24, 2.45) is 0 Å². The molecule has 2 rings (SSSR count). The summed E-state index contributed by atoms with van der Waals surface area (Å²) in [7, 11) is 1.42. The molecule has 1 N–H and O–H groups in total. The molecule has 0 aliphatic rings. The number of carbonyl (C=O) groups is 1. The number of aliphatic hydroxyl groups is 1. The van der Waals surface area contributed by atoms with Crippen LogP contribution in [-0.4, -0.2) is 23.8 Å². The summed E-state index contributed by atoms with van der Waals surface area (Å²) >= 11 is 0. The van der Waals surface area contributed by atoms with Crippen LogP contribution in [-0.2, 0) is 10.2 Å². The summed E-state index contributed by atoms with van der Waals surface area (Å²) in [6.07, 6.45) is 5.33. The van der Waals surface area contributed by atoms with Gasteiger partial charge in [0.25, 0.3) is 0 Å². The number of hydrogen-bond donors (Lipinski definition) is 1. The van der Waals surface area contributed by atoms with E-state index in [9.17, 15) is 9.90 Å². The Morgan fingerprint density at radius 2 is 1.34 bits per heavy atom. The Labute approximate surface area is 194 Å². The second kappa shape index (κ2) is 10.5. The van der Waals surface area contributed by atoms with Gasteiger partial charge in [0.2, 0.25) is 0 Å². The summed E-state index contributed by atoms with van der Waals surface area (Å²) in [5.74, 6) is -0.297. The molecule has 0 aliphatic carbocycles. The van der Waals surface area contributed by atoms with Crippen molar-refractivity contribution in [2.45, 2.75) is 85.2 Å². The van der Waals surface area contributed by atoms with E-state index in [0.717, 1.165) is 24.0 Å². The van der Waals surface area contributed by atoms with Gasteiger partial charge in [-0.25, -0.2) is 4.79 Å². The second-order valence-corrected chi connectivity index (χ2v) is 8.98. The van der Waals surface area contributed by atoms with Gasteiger partial charge in [-0.15, -0.1) is 0 Å². The average Bonchev–Trinajstić information content (AvgIpc) is 2.79. The molecule has 3 nitrogen and oxygen atoms in total. The fourth-order valence-corrected chi connectivity index (χ4v) is 4.87. The van der Waals surface area contributed by atoms with E-state index in [2.05, 4.69) is 58.0 Å². The molecule has 0 unspecified atom stereocenters. The molecule has 0 atom stereocenters. The van der Waals surface area contributed by atoms with Crippen LogP contribution in [0.4, 0.5) is 0 Å². The van der Waals surface area contributed by atoms with Crippen LogP contribution in [0.25, 0.3) is 5.57 Å². The number of ether oxygens (including phenoxy) is 1. The van der Waals surface area contributed by atoms with Crippen molar-refractivity contribution in [2.75, 3.05) is 7.11 Å². The Hall–Kier alpha value is -2.39. The normalized spacial score (nSPS) is 12.7. The first-order valence-electron chi connectivity index (χ1n) is 11.8. The van der Waals surface area contributed by atoms with Gasteiger partial charge in [-0.1, -0.05) is 58.0 Å². The zero-order valence-corrected chi connectivity index (χ0v) is 21.1. The maximum Gasteiger partial charge on any atom is 0.338 e. The van der Waals surface area contributed by atoms with Crippen LogP contribution in [0.1, 0.15) is 98.5 Å². The monoisotopic (exact) mass is 436 g/mol. The first-order valence-corrected chi connectivity index (χ1v) is 11.8. The quantitative estimate of drug-likeness (QED) is 0.425. The average molecular weight is 437 g/mol. The van der Waals surface area contributed by atoms with Crippen molar-refractivity contribution < 1.29 is 14.6 Å². The molecule has 0 spiro atoms. The molecule has 2 aromatic rings. The van der Waals surface area contributed by atoms with Gasteiger partial charge >= 0.3 is 5.97 Å². The number of rotatable bonds is 9. The summed E-state index contributed by atoms with van der Waals surface area (Å²) < 4.78 is 4.92. The maximum absolute atomic E-state index is 12.0. The molecule has 0 saturated carbocycles. The lowest BCUT2D eigenvalue weighted by Gasteiger charge is -2.34. The third-order valence-electron chi connectivity index (χ3n) is 7.30. The SMILES string of the molecule is CCC(O)(C=C(C)c1ccc(C(CC)(CC)c2ccc(C(=O)OC)c(C)c2)cc1C)CC. The number of benzene rings is 2. The Morgan fingerprint density at radius 1 is 0.875 bits per heavy atom. The first-order chi connectivity index (χ1) is 15.1. The smallest absolute Gasteiger partial charge is 0.338 e.